The van der Waals surface area contributed by atoms with E-state index < -0.39 is 34.0 Å². The molecule has 1 heterocycles. The molecule has 0 atom stereocenters. The zero-order valence-electron chi connectivity index (χ0n) is 25.5. The molecule has 0 saturated heterocycles. The van der Waals surface area contributed by atoms with Gasteiger partial charge in [0, 0.05) is 64.5 Å². The van der Waals surface area contributed by atoms with Crippen LogP contribution in [-0.2, 0) is 15.8 Å². The molecule has 0 saturated carbocycles. The number of nitrogens with zero attached hydrogens (tertiary/aromatic N) is 2. The summed E-state index contributed by atoms with van der Waals surface area (Å²) in [7, 11) is 0. The fourth-order valence-electron chi connectivity index (χ4n) is 6.79. The Labute approximate surface area is 269 Å². The first-order valence-corrected chi connectivity index (χ1v) is 15.4. The van der Waals surface area contributed by atoms with E-state index in [1.165, 1.54) is 12.1 Å². The van der Waals surface area contributed by atoms with Gasteiger partial charge in [-0.15, -0.1) is 0 Å². The second-order valence-corrected chi connectivity index (χ2v) is 14.4. The number of ether oxygens (including phenoxy) is 1. The van der Waals surface area contributed by atoms with Crippen molar-refractivity contribution in [2.24, 2.45) is 10.8 Å². The van der Waals surface area contributed by atoms with Gasteiger partial charge < -0.3 is 9.64 Å². The normalized spacial score (nSPS) is 19.9. The van der Waals surface area contributed by atoms with E-state index in [4.69, 9.17) is 27.9 Å². The van der Waals surface area contributed by atoms with Crippen molar-refractivity contribution < 1.29 is 32.4 Å². The molecule has 12 heteroatoms. The highest BCUT2D eigenvalue weighted by Crippen LogP contribution is 2.57. The van der Waals surface area contributed by atoms with E-state index in [1.807, 2.05) is 34.6 Å². The summed E-state index contributed by atoms with van der Waals surface area (Å²) >= 11 is 13.2. The third kappa shape index (κ3) is 6.23. The van der Waals surface area contributed by atoms with E-state index in [0.29, 0.717) is 42.7 Å². The largest absolute Gasteiger partial charge is 0.448 e. The van der Waals surface area contributed by atoms with Crippen molar-refractivity contribution in [3.8, 4) is 11.5 Å². The molecule has 0 N–H and O–H groups in total. The Bertz CT molecular complexity index is 1640. The fourth-order valence-corrected chi connectivity index (χ4v) is 7.34. The monoisotopic (exact) mass is 664 g/mol. The van der Waals surface area contributed by atoms with Crippen LogP contribution >= 0.6 is 23.2 Å². The lowest BCUT2D eigenvalue weighted by molar-refractivity contribution is -0.385. The number of ketones is 2. The summed E-state index contributed by atoms with van der Waals surface area (Å²) in [6.45, 7) is 10.7. The standard InChI is InChI=1S/C33H33Cl2F3N2O5/c1-6-9-39-22-13-31(2,3)15-24(41)28(22)27(29-23(39)14-32(4,5)16-25(29)42)19-11-18(34)12-20(35)30(19)45-26-8-7-17(33(36,37)38)10-21(26)40(43)44/h7-8,10-12,27H,6,9,13-16H2,1-5H3. The number of benzene rings is 2. The summed E-state index contributed by atoms with van der Waals surface area (Å²) in [5.41, 5.74) is -0.188. The molecule has 0 amide bonds. The van der Waals surface area contributed by atoms with Crippen LogP contribution in [0, 0.1) is 20.9 Å². The number of halogens is 5. The summed E-state index contributed by atoms with van der Waals surface area (Å²) in [4.78, 5) is 41.2. The zero-order chi connectivity index (χ0) is 33.2. The van der Waals surface area contributed by atoms with Gasteiger partial charge in [0.25, 0.3) is 0 Å². The first-order valence-electron chi connectivity index (χ1n) is 14.7. The predicted molar refractivity (Wildman–Crippen MR) is 164 cm³/mol. The highest BCUT2D eigenvalue weighted by Gasteiger charge is 2.49. The molecule has 0 aromatic heterocycles. The van der Waals surface area contributed by atoms with Crippen molar-refractivity contribution >= 4 is 40.5 Å². The molecule has 2 aromatic carbocycles. The highest BCUT2D eigenvalue weighted by atomic mass is 35.5. The van der Waals surface area contributed by atoms with Gasteiger partial charge in [-0.3, -0.25) is 19.7 Å². The Balaban J connectivity index is 1.79. The number of nitro benzene ring substituents is 1. The van der Waals surface area contributed by atoms with E-state index in [0.717, 1.165) is 23.9 Å². The van der Waals surface area contributed by atoms with Crippen LogP contribution in [0.15, 0.2) is 52.9 Å². The van der Waals surface area contributed by atoms with Gasteiger partial charge in [-0.2, -0.15) is 13.2 Å². The van der Waals surface area contributed by atoms with Crippen molar-refractivity contribution in [3.63, 3.8) is 0 Å². The van der Waals surface area contributed by atoms with Crippen molar-refractivity contribution in [1.82, 2.24) is 4.90 Å². The molecular formula is C33H33Cl2F3N2O5. The topological polar surface area (TPSA) is 89.8 Å². The molecule has 2 aliphatic carbocycles. The maximum absolute atomic E-state index is 14.1. The quantitative estimate of drug-likeness (QED) is 0.226. The van der Waals surface area contributed by atoms with Gasteiger partial charge in [-0.05, 0) is 54.4 Å². The minimum Gasteiger partial charge on any atom is -0.448 e. The third-order valence-corrected chi connectivity index (χ3v) is 9.01. The van der Waals surface area contributed by atoms with E-state index in [1.54, 1.807) is 0 Å². The number of alkyl halides is 3. The van der Waals surface area contributed by atoms with Crippen LogP contribution in [-0.4, -0.2) is 27.9 Å². The summed E-state index contributed by atoms with van der Waals surface area (Å²) in [5.74, 6) is -1.88. The van der Waals surface area contributed by atoms with Gasteiger partial charge in [-0.25, -0.2) is 0 Å². The Morgan fingerprint density at radius 2 is 1.51 bits per heavy atom. The maximum Gasteiger partial charge on any atom is 0.416 e. The fraction of sp³-hybridized carbons (Fsp3) is 0.455. The second-order valence-electron chi connectivity index (χ2n) is 13.5. The van der Waals surface area contributed by atoms with Gasteiger partial charge in [0.2, 0.25) is 5.75 Å². The lowest BCUT2D eigenvalue weighted by Crippen LogP contribution is -2.44. The first-order chi connectivity index (χ1) is 20.8. The van der Waals surface area contributed by atoms with Crippen LogP contribution in [0.1, 0.15) is 83.8 Å². The number of hydrogen-bond donors (Lipinski definition) is 0. The minimum atomic E-state index is -4.82. The van der Waals surface area contributed by atoms with Crippen LogP contribution in [0.25, 0.3) is 0 Å². The molecule has 2 aromatic rings. The second kappa shape index (κ2) is 11.5. The number of carbonyl (C=O) groups is 2. The molecule has 0 spiro atoms. The summed E-state index contributed by atoms with van der Waals surface area (Å²) in [5, 5.41) is 12.0. The molecular weight excluding hydrogens is 632 g/mol. The van der Waals surface area contributed by atoms with Gasteiger partial charge in [0.1, 0.15) is 0 Å². The van der Waals surface area contributed by atoms with E-state index in [9.17, 15) is 32.9 Å². The Hall–Kier alpha value is -3.37. The van der Waals surface area contributed by atoms with E-state index in [-0.39, 0.29) is 56.6 Å². The molecule has 5 rings (SSSR count). The molecule has 240 valence electrons. The van der Waals surface area contributed by atoms with Gasteiger partial charge >= 0.3 is 11.9 Å². The Morgan fingerprint density at radius 1 is 0.956 bits per heavy atom. The molecule has 0 unspecified atom stereocenters. The van der Waals surface area contributed by atoms with Crippen molar-refractivity contribution in [2.45, 2.75) is 78.8 Å². The minimum absolute atomic E-state index is 0.0841. The van der Waals surface area contributed by atoms with Gasteiger partial charge in [0.05, 0.1) is 15.5 Å². The smallest absolute Gasteiger partial charge is 0.416 e. The summed E-state index contributed by atoms with van der Waals surface area (Å²) in [6, 6.07) is 4.77. The lowest BCUT2D eigenvalue weighted by Gasteiger charge is -2.49. The Kier molecular flexibility index (Phi) is 8.40. The maximum atomic E-state index is 14.1. The third-order valence-electron chi connectivity index (χ3n) is 8.51. The number of hydrogen-bond acceptors (Lipinski definition) is 6. The van der Waals surface area contributed by atoms with Crippen LogP contribution in [0.4, 0.5) is 18.9 Å². The van der Waals surface area contributed by atoms with E-state index >= 15 is 0 Å². The molecule has 7 nitrogen and oxygen atoms in total. The first kappa shape index (κ1) is 33.0. The lowest BCUT2D eigenvalue weighted by atomic mass is 9.63. The summed E-state index contributed by atoms with van der Waals surface area (Å²) < 4.78 is 46.3. The number of allylic oxidation sites excluding steroid dienone is 4. The number of Topliss-reactive ketones (excluding diaryl/α,β-unsaturated/α-hetero) is 2. The summed E-state index contributed by atoms with van der Waals surface area (Å²) in [6.07, 6.45) is -2.50. The Morgan fingerprint density at radius 3 is 2.00 bits per heavy atom. The average molecular weight is 666 g/mol. The predicted octanol–water partition coefficient (Wildman–Crippen LogP) is 9.81. The number of rotatable bonds is 6. The van der Waals surface area contributed by atoms with Gasteiger partial charge in [0.15, 0.2) is 17.3 Å². The molecule has 0 fully saturated rings. The van der Waals surface area contributed by atoms with Gasteiger partial charge in [-0.1, -0.05) is 57.8 Å². The zero-order valence-corrected chi connectivity index (χ0v) is 27.0. The molecule has 0 radical (unpaired) electrons. The van der Waals surface area contributed by atoms with Crippen molar-refractivity contribution in [2.75, 3.05) is 6.54 Å². The number of nitro groups is 1. The van der Waals surface area contributed by atoms with Crippen LogP contribution in [0.5, 0.6) is 11.5 Å². The SMILES string of the molecule is CCCN1C2=C(C(=O)CC(C)(C)C2)C(c2cc(Cl)cc(Cl)c2Oc2ccc(C(F)(F)F)cc2[N+](=O)[O-])C2=C1CC(C)(C)CC2=O. The molecule has 0 bridgehead atoms. The van der Waals surface area contributed by atoms with Crippen molar-refractivity contribution in [3.05, 3.63) is 84.2 Å². The number of carbonyl (C=O) groups excluding carboxylic acids is 2. The van der Waals surface area contributed by atoms with Crippen LogP contribution in [0.3, 0.4) is 0 Å². The molecule has 45 heavy (non-hydrogen) atoms. The van der Waals surface area contributed by atoms with Crippen LogP contribution in [0.2, 0.25) is 10.0 Å². The molecule has 3 aliphatic rings. The van der Waals surface area contributed by atoms with Crippen molar-refractivity contribution in [1.29, 1.82) is 0 Å². The van der Waals surface area contributed by atoms with Crippen LogP contribution < -0.4 is 4.74 Å². The highest BCUT2D eigenvalue weighted by molar-refractivity contribution is 6.35. The van der Waals surface area contributed by atoms with E-state index in [2.05, 4.69) is 4.90 Å². The average Bonchev–Trinajstić information content (AvgIpc) is 2.89. The molecule has 1 aliphatic heterocycles.